The third-order valence-electron chi connectivity index (χ3n) is 5.33. The third-order valence-corrected chi connectivity index (χ3v) is 5.33. The second kappa shape index (κ2) is 8.69. The Balaban J connectivity index is 1.35. The van der Waals surface area contributed by atoms with Crippen LogP contribution in [0.4, 0.5) is 0 Å². The van der Waals surface area contributed by atoms with E-state index in [1.807, 2.05) is 0 Å². The molecule has 2 fully saturated rings. The quantitative estimate of drug-likeness (QED) is 0.787. The maximum atomic E-state index is 6.10. The van der Waals surface area contributed by atoms with Gasteiger partial charge >= 0.3 is 0 Å². The second-order valence-electron chi connectivity index (χ2n) is 7.13. The summed E-state index contributed by atoms with van der Waals surface area (Å²) in [5.74, 6) is 0. The summed E-state index contributed by atoms with van der Waals surface area (Å²) in [6.45, 7) is 0.770. The van der Waals surface area contributed by atoms with Gasteiger partial charge in [-0.25, -0.2) is 0 Å². The van der Waals surface area contributed by atoms with Gasteiger partial charge < -0.3 is 10.1 Å². The van der Waals surface area contributed by atoms with Crippen molar-refractivity contribution in [1.82, 2.24) is 5.32 Å². The summed E-state index contributed by atoms with van der Waals surface area (Å²) in [4.78, 5) is 0. The van der Waals surface area contributed by atoms with Crippen LogP contribution in [0.3, 0.4) is 0 Å². The van der Waals surface area contributed by atoms with E-state index >= 15 is 0 Å². The molecule has 0 unspecified atom stereocenters. The minimum atomic E-state index is 0.465. The molecule has 2 saturated carbocycles. The van der Waals surface area contributed by atoms with Crippen LogP contribution < -0.4 is 5.32 Å². The molecule has 122 valence electrons. The molecule has 1 N–H and O–H groups in total. The maximum absolute atomic E-state index is 6.10. The predicted molar refractivity (Wildman–Crippen MR) is 91.9 cm³/mol. The van der Waals surface area contributed by atoms with E-state index < -0.39 is 0 Å². The molecule has 0 saturated heterocycles. The molecule has 0 atom stereocenters. The number of nitrogens with one attached hydrogen (secondary N) is 1. The average molecular weight is 301 g/mol. The van der Waals surface area contributed by atoms with Crippen molar-refractivity contribution < 1.29 is 4.74 Å². The molecule has 1 aromatic rings. The van der Waals surface area contributed by atoms with Crippen LogP contribution in [-0.4, -0.2) is 18.2 Å². The van der Waals surface area contributed by atoms with Crippen LogP contribution in [0.15, 0.2) is 30.3 Å². The van der Waals surface area contributed by atoms with Gasteiger partial charge in [0.2, 0.25) is 0 Å². The molecule has 2 aliphatic carbocycles. The Kier molecular flexibility index (Phi) is 6.32. The zero-order valence-corrected chi connectivity index (χ0v) is 13.8. The van der Waals surface area contributed by atoms with Crippen LogP contribution in [0.2, 0.25) is 0 Å². The fourth-order valence-corrected chi connectivity index (χ4v) is 3.96. The average Bonchev–Trinajstić information content (AvgIpc) is 2.84. The van der Waals surface area contributed by atoms with Crippen LogP contribution in [0.1, 0.15) is 69.8 Å². The fourth-order valence-electron chi connectivity index (χ4n) is 3.96. The monoisotopic (exact) mass is 301 g/mol. The van der Waals surface area contributed by atoms with E-state index in [0.717, 1.165) is 18.7 Å². The topological polar surface area (TPSA) is 21.3 Å². The first-order valence-electron chi connectivity index (χ1n) is 9.32. The molecule has 2 heteroatoms. The second-order valence-corrected chi connectivity index (χ2v) is 7.13. The van der Waals surface area contributed by atoms with Gasteiger partial charge in [-0.15, -0.1) is 0 Å². The molecule has 0 radical (unpaired) electrons. The van der Waals surface area contributed by atoms with Crippen molar-refractivity contribution in [2.45, 2.75) is 89.0 Å². The lowest BCUT2D eigenvalue weighted by Crippen LogP contribution is -2.41. The van der Waals surface area contributed by atoms with Crippen molar-refractivity contribution in [1.29, 1.82) is 0 Å². The summed E-state index contributed by atoms with van der Waals surface area (Å²) in [7, 11) is 0. The molecule has 0 heterocycles. The first-order valence-corrected chi connectivity index (χ1v) is 9.32. The summed E-state index contributed by atoms with van der Waals surface area (Å²) in [5, 5.41) is 3.94. The lowest BCUT2D eigenvalue weighted by atomic mass is 9.91. The molecule has 0 aromatic heterocycles. The molecular weight excluding hydrogens is 270 g/mol. The fraction of sp³-hybridized carbons (Fsp3) is 0.700. The SMILES string of the molecule is c1ccc(CO[C@H]2CC[C@H](NC3CCCCCC3)CC2)cc1. The van der Waals surface area contributed by atoms with E-state index in [2.05, 4.69) is 35.6 Å². The summed E-state index contributed by atoms with van der Waals surface area (Å²) in [6, 6.07) is 12.1. The van der Waals surface area contributed by atoms with Gasteiger partial charge in [0.15, 0.2) is 0 Å². The molecule has 0 amide bonds. The van der Waals surface area contributed by atoms with Crippen molar-refractivity contribution in [2.24, 2.45) is 0 Å². The minimum absolute atomic E-state index is 0.465. The first kappa shape index (κ1) is 16.0. The molecule has 0 spiro atoms. The Labute approximate surface area is 135 Å². The van der Waals surface area contributed by atoms with E-state index in [-0.39, 0.29) is 0 Å². The van der Waals surface area contributed by atoms with E-state index in [9.17, 15) is 0 Å². The summed E-state index contributed by atoms with van der Waals surface area (Å²) in [5.41, 5.74) is 1.29. The smallest absolute Gasteiger partial charge is 0.0720 e. The lowest BCUT2D eigenvalue weighted by molar-refractivity contribution is 0.0104. The van der Waals surface area contributed by atoms with Gasteiger partial charge in [-0.2, -0.15) is 0 Å². The van der Waals surface area contributed by atoms with Crippen LogP contribution in [0.5, 0.6) is 0 Å². The number of benzene rings is 1. The Hall–Kier alpha value is -0.860. The number of hydrogen-bond acceptors (Lipinski definition) is 2. The molecule has 0 bridgehead atoms. The van der Waals surface area contributed by atoms with Crippen molar-refractivity contribution in [3.63, 3.8) is 0 Å². The predicted octanol–water partition coefficient (Wildman–Crippen LogP) is 4.83. The van der Waals surface area contributed by atoms with Gasteiger partial charge in [-0.05, 0) is 44.1 Å². The van der Waals surface area contributed by atoms with Crippen molar-refractivity contribution in [3.8, 4) is 0 Å². The van der Waals surface area contributed by atoms with Crippen LogP contribution >= 0.6 is 0 Å². The van der Waals surface area contributed by atoms with Gasteiger partial charge in [0.05, 0.1) is 12.7 Å². The standard InChI is InChI=1S/C20H31NO/c1-2-7-11-18(10-6-1)21-19-12-14-20(15-13-19)22-16-17-8-4-3-5-9-17/h3-5,8-9,18-21H,1-2,6-7,10-16H2/t19-,20-. The van der Waals surface area contributed by atoms with Crippen molar-refractivity contribution in [2.75, 3.05) is 0 Å². The van der Waals surface area contributed by atoms with Gasteiger partial charge in [-0.1, -0.05) is 56.0 Å². The van der Waals surface area contributed by atoms with Crippen LogP contribution in [0, 0.1) is 0 Å². The normalized spacial score (nSPS) is 27.5. The molecule has 3 rings (SSSR count). The first-order chi connectivity index (χ1) is 10.9. The highest BCUT2D eigenvalue weighted by atomic mass is 16.5. The zero-order valence-electron chi connectivity index (χ0n) is 13.8. The van der Waals surface area contributed by atoms with Gasteiger partial charge in [-0.3, -0.25) is 0 Å². The summed E-state index contributed by atoms with van der Waals surface area (Å²) >= 11 is 0. The molecule has 0 aliphatic heterocycles. The largest absolute Gasteiger partial charge is 0.374 e. The van der Waals surface area contributed by atoms with E-state index in [4.69, 9.17) is 4.74 Å². The van der Waals surface area contributed by atoms with E-state index in [1.165, 1.54) is 69.8 Å². The van der Waals surface area contributed by atoms with Gasteiger partial charge in [0.1, 0.15) is 0 Å². The number of ether oxygens (including phenoxy) is 1. The summed E-state index contributed by atoms with van der Waals surface area (Å²) in [6.07, 6.45) is 14.0. The molecule has 22 heavy (non-hydrogen) atoms. The van der Waals surface area contributed by atoms with Gasteiger partial charge in [0.25, 0.3) is 0 Å². The molecule has 2 aliphatic rings. The Morgan fingerprint density at radius 2 is 1.41 bits per heavy atom. The van der Waals surface area contributed by atoms with Crippen LogP contribution in [-0.2, 0) is 11.3 Å². The highest BCUT2D eigenvalue weighted by Gasteiger charge is 2.24. The Morgan fingerprint density at radius 1 is 0.773 bits per heavy atom. The third kappa shape index (κ3) is 5.10. The molecule has 1 aromatic carbocycles. The highest BCUT2D eigenvalue weighted by Crippen LogP contribution is 2.25. The van der Waals surface area contributed by atoms with Crippen molar-refractivity contribution in [3.05, 3.63) is 35.9 Å². The number of rotatable bonds is 5. The van der Waals surface area contributed by atoms with Crippen LogP contribution in [0.25, 0.3) is 0 Å². The van der Waals surface area contributed by atoms with E-state index in [1.54, 1.807) is 0 Å². The van der Waals surface area contributed by atoms with Crippen molar-refractivity contribution >= 4 is 0 Å². The highest BCUT2D eigenvalue weighted by molar-refractivity contribution is 5.13. The Bertz CT molecular complexity index is 403. The number of hydrogen-bond donors (Lipinski definition) is 1. The lowest BCUT2D eigenvalue weighted by Gasteiger charge is -2.32. The Morgan fingerprint density at radius 3 is 2.09 bits per heavy atom. The maximum Gasteiger partial charge on any atom is 0.0720 e. The van der Waals surface area contributed by atoms with Gasteiger partial charge in [0, 0.05) is 12.1 Å². The van der Waals surface area contributed by atoms with E-state index in [0.29, 0.717) is 6.10 Å². The zero-order chi connectivity index (χ0) is 15.0. The summed E-state index contributed by atoms with van der Waals surface area (Å²) < 4.78 is 6.10. The minimum Gasteiger partial charge on any atom is -0.374 e. The molecular formula is C20H31NO. The molecule has 2 nitrogen and oxygen atoms in total.